The molecule has 0 spiro atoms. The number of carbonyl (C=O) groups is 2. The molecular formula is C19H21N3O5S. The van der Waals surface area contributed by atoms with E-state index in [9.17, 15) is 18.0 Å². The monoisotopic (exact) mass is 403 g/mol. The Labute approximate surface area is 163 Å². The zero-order chi connectivity index (χ0) is 20.3. The van der Waals surface area contributed by atoms with Crippen LogP contribution in [0.15, 0.2) is 47.6 Å². The zero-order valence-corrected chi connectivity index (χ0v) is 16.1. The van der Waals surface area contributed by atoms with Crippen molar-refractivity contribution in [3.63, 3.8) is 0 Å². The third kappa shape index (κ3) is 4.48. The Balaban J connectivity index is 1.84. The lowest BCUT2D eigenvalue weighted by Gasteiger charge is -2.34. The minimum absolute atomic E-state index is 0.0393. The van der Waals surface area contributed by atoms with Crippen LogP contribution in [0.5, 0.6) is 0 Å². The van der Waals surface area contributed by atoms with Crippen molar-refractivity contribution in [3.8, 4) is 0 Å². The van der Waals surface area contributed by atoms with Crippen LogP contribution in [0.4, 0.5) is 11.4 Å². The number of hydrogen-bond donors (Lipinski definition) is 2. The molecule has 0 aliphatic carbocycles. The number of carbonyl (C=O) groups excluding carboxylic acids is 1. The summed E-state index contributed by atoms with van der Waals surface area (Å²) in [6, 6.07) is 7.46. The number of hydrogen-bond acceptors (Lipinski definition) is 6. The summed E-state index contributed by atoms with van der Waals surface area (Å²) >= 11 is 0. The summed E-state index contributed by atoms with van der Waals surface area (Å²) in [5.74, 6) is -1.64. The highest BCUT2D eigenvalue weighted by atomic mass is 32.2. The van der Waals surface area contributed by atoms with Crippen LogP contribution in [0.25, 0.3) is 0 Å². The molecule has 1 aromatic carbocycles. The average molecular weight is 403 g/mol. The quantitative estimate of drug-likeness (QED) is 0.784. The molecule has 8 nitrogen and oxygen atoms in total. The highest BCUT2D eigenvalue weighted by Gasteiger charge is 2.29. The summed E-state index contributed by atoms with van der Waals surface area (Å²) in [5.41, 5.74) is 0.988. The number of anilines is 2. The number of pyridine rings is 1. The van der Waals surface area contributed by atoms with E-state index in [1.54, 1.807) is 24.5 Å². The summed E-state index contributed by atoms with van der Waals surface area (Å²) in [6.45, 7) is 0.944. The Hall–Kier alpha value is -2.94. The van der Waals surface area contributed by atoms with Gasteiger partial charge in [0.05, 0.1) is 22.1 Å². The van der Waals surface area contributed by atoms with Crippen molar-refractivity contribution in [2.45, 2.75) is 17.7 Å². The number of nitrogens with zero attached hydrogens (tertiary/aromatic N) is 2. The second kappa shape index (κ2) is 7.97. The molecule has 1 fully saturated rings. The fourth-order valence-corrected chi connectivity index (χ4v) is 4.21. The van der Waals surface area contributed by atoms with Gasteiger partial charge in [-0.3, -0.25) is 9.78 Å². The molecule has 1 atom stereocenters. The van der Waals surface area contributed by atoms with Gasteiger partial charge in [-0.15, -0.1) is 0 Å². The first-order valence-corrected chi connectivity index (χ1v) is 10.7. The summed E-state index contributed by atoms with van der Waals surface area (Å²) in [5, 5.41) is 12.0. The van der Waals surface area contributed by atoms with Gasteiger partial charge in [0.2, 0.25) is 5.91 Å². The van der Waals surface area contributed by atoms with Gasteiger partial charge in [-0.25, -0.2) is 13.2 Å². The van der Waals surface area contributed by atoms with Crippen LogP contribution in [0.2, 0.25) is 0 Å². The summed E-state index contributed by atoms with van der Waals surface area (Å²) in [4.78, 5) is 29.5. The fraction of sp³-hybridized carbons (Fsp3) is 0.316. The highest BCUT2D eigenvalue weighted by molar-refractivity contribution is 7.90. The van der Waals surface area contributed by atoms with Gasteiger partial charge >= 0.3 is 5.97 Å². The van der Waals surface area contributed by atoms with Gasteiger partial charge in [-0.2, -0.15) is 0 Å². The molecule has 1 aromatic heterocycles. The maximum Gasteiger partial charge on any atom is 0.335 e. The number of sulfone groups is 1. The number of carboxylic acid groups (broad SMARTS) is 1. The van der Waals surface area contributed by atoms with Crippen LogP contribution in [0.1, 0.15) is 23.2 Å². The number of rotatable bonds is 5. The molecule has 0 bridgehead atoms. The first kappa shape index (κ1) is 19.8. The van der Waals surface area contributed by atoms with Crippen LogP contribution < -0.4 is 10.2 Å². The Morgan fingerprint density at radius 2 is 1.93 bits per heavy atom. The van der Waals surface area contributed by atoms with Gasteiger partial charge in [0.1, 0.15) is 0 Å². The predicted molar refractivity (Wildman–Crippen MR) is 104 cm³/mol. The van der Waals surface area contributed by atoms with E-state index < -0.39 is 15.8 Å². The van der Waals surface area contributed by atoms with Crippen LogP contribution in [0.3, 0.4) is 0 Å². The van der Waals surface area contributed by atoms with E-state index in [-0.39, 0.29) is 22.3 Å². The average Bonchev–Trinajstić information content (AvgIpc) is 2.67. The number of nitrogens with one attached hydrogen (secondary N) is 1. The lowest BCUT2D eigenvalue weighted by molar-refractivity contribution is -0.120. The van der Waals surface area contributed by atoms with Crippen molar-refractivity contribution >= 4 is 33.1 Å². The van der Waals surface area contributed by atoms with Gasteiger partial charge in [0.15, 0.2) is 9.84 Å². The van der Waals surface area contributed by atoms with Crippen LogP contribution in [-0.2, 0) is 14.6 Å². The van der Waals surface area contributed by atoms with Gasteiger partial charge in [-0.05, 0) is 43.2 Å². The molecule has 28 heavy (non-hydrogen) atoms. The largest absolute Gasteiger partial charge is 0.478 e. The lowest BCUT2D eigenvalue weighted by atomic mass is 9.96. The Kier molecular flexibility index (Phi) is 5.64. The zero-order valence-electron chi connectivity index (χ0n) is 15.3. The standard InChI is InChI=1S/C19H21N3O5S/c1-28(26,27)17-11-13(19(24)25)4-5-16(17)22-10-2-3-14(12-22)18(23)21-15-6-8-20-9-7-15/h4-9,11,14H,2-3,10,12H2,1H3,(H,24,25)(H,20,21,23). The van der Waals surface area contributed by atoms with E-state index >= 15 is 0 Å². The maximum atomic E-state index is 12.6. The maximum absolute atomic E-state index is 12.6. The molecule has 1 unspecified atom stereocenters. The molecule has 1 aliphatic heterocycles. The Morgan fingerprint density at radius 3 is 2.57 bits per heavy atom. The van der Waals surface area contributed by atoms with E-state index in [2.05, 4.69) is 10.3 Å². The van der Waals surface area contributed by atoms with E-state index in [1.807, 2.05) is 4.90 Å². The van der Waals surface area contributed by atoms with Crippen molar-refractivity contribution in [2.24, 2.45) is 5.92 Å². The topological polar surface area (TPSA) is 117 Å². The number of aromatic carboxylic acids is 1. The number of benzene rings is 1. The van der Waals surface area contributed by atoms with Crippen molar-refractivity contribution < 1.29 is 23.1 Å². The van der Waals surface area contributed by atoms with Gasteiger partial charge < -0.3 is 15.3 Å². The van der Waals surface area contributed by atoms with Crippen molar-refractivity contribution in [2.75, 3.05) is 29.6 Å². The molecule has 2 heterocycles. The van der Waals surface area contributed by atoms with E-state index in [4.69, 9.17) is 5.11 Å². The third-order valence-corrected chi connectivity index (χ3v) is 5.81. The molecule has 9 heteroatoms. The summed E-state index contributed by atoms with van der Waals surface area (Å²) in [6.07, 6.45) is 5.64. The second-order valence-corrected chi connectivity index (χ2v) is 8.75. The second-order valence-electron chi connectivity index (χ2n) is 6.77. The van der Waals surface area contributed by atoms with Gasteiger partial charge in [0.25, 0.3) is 0 Å². The van der Waals surface area contributed by atoms with Gasteiger partial charge in [0, 0.05) is 37.4 Å². The van der Waals surface area contributed by atoms with Gasteiger partial charge in [-0.1, -0.05) is 0 Å². The molecule has 1 amide bonds. The number of amides is 1. The number of aromatic nitrogens is 1. The minimum Gasteiger partial charge on any atom is -0.478 e. The first-order valence-electron chi connectivity index (χ1n) is 8.79. The van der Waals surface area contributed by atoms with E-state index in [0.717, 1.165) is 12.7 Å². The fourth-order valence-electron chi connectivity index (χ4n) is 3.29. The van der Waals surface area contributed by atoms with Crippen molar-refractivity contribution in [3.05, 3.63) is 48.3 Å². The Bertz CT molecular complexity index is 992. The van der Waals surface area contributed by atoms with Crippen molar-refractivity contribution in [1.29, 1.82) is 0 Å². The molecule has 148 valence electrons. The number of piperidine rings is 1. The molecule has 3 rings (SSSR count). The van der Waals surface area contributed by atoms with Crippen LogP contribution in [-0.4, -0.2) is 49.7 Å². The molecule has 2 aromatic rings. The normalized spacial score (nSPS) is 17.2. The van der Waals surface area contributed by atoms with E-state index in [0.29, 0.717) is 30.9 Å². The first-order chi connectivity index (χ1) is 13.3. The number of carboxylic acids is 1. The SMILES string of the molecule is CS(=O)(=O)c1cc(C(=O)O)ccc1N1CCCC(C(=O)Nc2ccncc2)C1. The van der Waals surface area contributed by atoms with Crippen molar-refractivity contribution in [1.82, 2.24) is 4.98 Å². The molecular weight excluding hydrogens is 382 g/mol. The predicted octanol–water partition coefficient (Wildman–Crippen LogP) is 2.04. The molecule has 2 N–H and O–H groups in total. The highest BCUT2D eigenvalue weighted by Crippen LogP contribution is 2.31. The molecule has 0 saturated carbocycles. The summed E-state index contributed by atoms with van der Waals surface area (Å²) in [7, 11) is -3.64. The van der Waals surface area contributed by atoms with Crippen LogP contribution >= 0.6 is 0 Å². The molecule has 1 saturated heterocycles. The minimum atomic E-state index is -3.64. The molecule has 0 radical (unpaired) electrons. The third-order valence-electron chi connectivity index (χ3n) is 4.69. The summed E-state index contributed by atoms with van der Waals surface area (Å²) < 4.78 is 24.4. The Morgan fingerprint density at radius 1 is 1.21 bits per heavy atom. The molecule has 1 aliphatic rings. The van der Waals surface area contributed by atoms with E-state index in [1.165, 1.54) is 18.2 Å². The van der Waals surface area contributed by atoms with Crippen LogP contribution in [0, 0.1) is 5.92 Å². The lowest BCUT2D eigenvalue weighted by Crippen LogP contribution is -2.41. The smallest absolute Gasteiger partial charge is 0.335 e.